The molecule has 4 aliphatic rings. The summed E-state index contributed by atoms with van der Waals surface area (Å²) in [7, 11) is 0. The molecule has 0 aromatic carbocycles. The first-order valence-electron chi connectivity index (χ1n) is 9.18. The van der Waals surface area contributed by atoms with Crippen LogP contribution in [0.3, 0.4) is 0 Å². The molecular weight excluding hydrogens is 272 g/mol. The van der Waals surface area contributed by atoms with Crippen molar-refractivity contribution in [2.24, 2.45) is 34.4 Å². The van der Waals surface area contributed by atoms with Crippen molar-refractivity contribution in [3.05, 3.63) is 11.6 Å². The molecule has 3 unspecified atom stereocenters. The molecule has 3 heteroatoms. The molecule has 0 heterocycles. The average Bonchev–Trinajstić information content (AvgIpc) is 2.82. The van der Waals surface area contributed by atoms with Gasteiger partial charge in [0.1, 0.15) is 5.78 Å². The first kappa shape index (κ1) is 14.9. The molecule has 0 amide bonds. The highest BCUT2D eigenvalue weighted by Crippen LogP contribution is 2.63. The van der Waals surface area contributed by atoms with E-state index in [9.17, 15) is 4.79 Å². The number of hydrogen-bond acceptors (Lipinski definition) is 3. The number of carbonyl (C=O) groups is 1. The molecule has 3 saturated carbocycles. The highest BCUT2D eigenvalue weighted by atomic mass is 16.1. The van der Waals surface area contributed by atoms with Crippen LogP contribution in [-0.2, 0) is 4.79 Å². The van der Waals surface area contributed by atoms with Crippen LogP contribution in [0.5, 0.6) is 0 Å². The highest BCUT2D eigenvalue weighted by Gasteiger charge is 2.58. The fourth-order valence-electron chi connectivity index (χ4n) is 6.57. The van der Waals surface area contributed by atoms with Gasteiger partial charge < -0.3 is 0 Å². The Kier molecular flexibility index (Phi) is 3.32. The third-order valence-corrected chi connectivity index (χ3v) is 8.05. The van der Waals surface area contributed by atoms with Crippen molar-refractivity contribution < 1.29 is 4.79 Å². The Bertz CT molecular complexity index is 528. The molecule has 0 spiro atoms. The molecule has 3 fully saturated rings. The summed E-state index contributed by atoms with van der Waals surface area (Å²) in [6.45, 7) is 4.77. The number of ketones is 1. The smallest absolute Gasteiger partial charge is 0.139 e. The predicted molar refractivity (Wildman–Crippen MR) is 87.8 cm³/mol. The molecule has 4 rings (SSSR count). The Morgan fingerprint density at radius 3 is 2.64 bits per heavy atom. The van der Waals surface area contributed by atoms with Crippen LogP contribution in [0.25, 0.3) is 0 Å². The molecule has 22 heavy (non-hydrogen) atoms. The first-order valence-corrected chi connectivity index (χ1v) is 9.18. The number of nitrogens with one attached hydrogen (secondary N) is 1. The fraction of sp³-hybridized carbons (Fsp3) is 0.842. The molecule has 3 N–H and O–H groups in total. The SMILES string of the molecule is C[C@]12CC[C@H](NN)CC1=CCC1C2CC[C@]2(C)C(=O)CCC12. The number of rotatable bonds is 1. The van der Waals surface area contributed by atoms with Gasteiger partial charge in [0.05, 0.1) is 0 Å². The van der Waals surface area contributed by atoms with E-state index in [2.05, 4.69) is 25.3 Å². The Morgan fingerprint density at radius 2 is 1.86 bits per heavy atom. The second-order valence-corrected chi connectivity index (χ2v) is 8.78. The van der Waals surface area contributed by atoms with Gasteiger partial charge in [-0.25, -0.2) is 0 Å². The van der Waals surface area contributed by atoms with Crippen molar-refractivity contribution in [1.29, 1.82) is 0 Å². The summed E-state index contributed by atoms with van der Waals surface area (Å²) < 4.78 is 0. The molecule has 122 valence electrons. The van der Waals surface area contributed by atoms with E-state index in [1.54, 1.807) is 5.57 Å². The van der Waals surface area contributed by atoms with Gasteiger partial charge in [0.2, 0.25) is 0 Å². The van der Waals surface area contributed by atoms with E-state index < -0.39 is 0 Å². The third kappa shape index (κ3) is 1.85. The van der Waals surface area contributed by atoms with Crippen molar-refractivity contribution >= 4 is 5.78 Å². The maximum Gasteiger partial charge on any atom is 0.139 e. The van der Waals surface area contributed by atoms with Crippen LogP contribution in [0.1, 0.15) is 65.2 Å². The summed E-state index contributed by atoms with van der Waals surface area (Å²) in [5.41, 5.74) is 5.00. The second-order valence-electron chi connectivity index (χ2n) is 8.78. The average molecular weight is 302 g/mol. The van der Waals surface area contributed by atoms with Gasteiger partial charge in [-0.05, 0) is 68.1 Å². The minimum atomic E-state index is -0.00110. The molecule has 0 saturated heterocycles. The van der Waals surface area contributed by atoms with Gasteiger partial charge in [-0.1, -0.05) is 25.5 Å². The lowest BCUT2D eigenvalue weighted by Gasteiger charge is -2.57. The van der Waals surface area contributed by atoms with Crippen molar-refractivity contribution in [3.8, 4) is 0 Å². The molecule has 3 nitrogen and oxygen atoms in total. The van der Waals surface area contributed by atoms with E-state index in [4.69, 9.17) is 5.84 Å². The fourth-order valence-corrected chi connectivity index (χ4v) is 6.57. The van der Waals surface area contributed by atoms with Crippen LogP contribution < -0.4 is 11.3 Å². The standard InChI is InChI=1S/C19H30N2O/c1-18-9-7-13(21-20)11-12(18)3-4-14-15-5-6-17(22)19(15,2)10-8-16(14)18/h3,13-16,21H,4-11,20H2,1-2H3/t13-,14?,15?,16?,18-,19-/m0/s1. The van der Waals surface area contributed by atoms with Crippen LogP contribution in [0.4, 0.5) is 0 Å². The monoisotopic (exact) mass is 302 g/mol. The lowest BCUT2D eigenvalue weighted by molar-refractivity contribution is -0.131. The number of hydrazine groups is 1. The number of hydrogen-bond donors (Lipinski definition) is 2. The zero-order valence-electron chi connectivity index (χ0n) is 14.0. The van der Waals surface area contributed by atoms with Crippen LogP contribution >= 0.6 is 0 Å². The number of Topliss-reactive ketones (excluding diaryl/α,β-unsaturated/α-hetero) is 1. The third-order valence-electron chi connectivity index (χ3n) is 8.05. The lowest BCUT2D eigenvalue weighted by Crippen LogP contribution is -2.52. The van der Waals surface area contributed by atoms with E-state index in [1.807, 2.05) is 0 Å². The van der Waals surface area contributed by atoms with Crippen molar-refractivity contribution in [2.45, 2.75) is 71.3 Å². The Balaban J connectivity index is 1.66. The minimum Gasteiger partial charge on any atom is -0.299 e. The molecular formula is C19H30N2O. The van der Waals surface area contributed by atoms with Crippen molar-refractivity contribution in [1.82, 2.24) is 5.43 Å². The van der Waals surface area contributed by atoms with Crippen LogP contribution in [0.2, 0.25) is 0 Å². The van der Waals surface area contributed by atoms with E-state index in [0.29, 0.717) is 23.2 Å². The molecule has 4 aliphatic carbocycles. The van der Waals surface area contributed by atoms with Gasteiger partial charge in [-0.2, -0.15) is 0 Å². The summed E-state index contributed by atoms with van der Waals surface area (Å²) >= 11 is 0. The van der Waals surface area contributed by atoms with Gasteiger partial charge in [0.15, 0.2) is 0 Å². The number of carbonyl (C=O) groups excluding carboxylic acids is 1. The molecule has 0 aromatic heterocycles. The van der Waals surface area contributed by atoms with Gasteiger partial charge >= 0.3 is 0 Å². The lowest BCUT2D eigenvalue weighted by atomic mass is 9.48. The van der Waals surface area contributed by atoms with Crippen molar-refractivity contribution in [3.63, 3.8) is 0 Å². The number of fused-ring (bicyclic) bond motifs is 5. The largest absolute Gasteiger partial charge is 0.299 e. The minimum absolute atomic E-state index is 0.00110. The van der Waals surface area contributed by atoms with Crippen molar-refractivity contribution in [2.75, 3.05) is 0 Å². The summed E-state index contributed by atoms with van der Waals surface area (Å²) in [5, 5.41) is 0. The highest BCUT2D eigenvalue weighted by molar-refractivity contribution is 5.87. The molecule has 0 aromatic rings. The van der Waals surface area contributed by atoms with Crippen LogP contribution in [-0.4, -0.2) is 11.8 Å². The Morgan fingerprint density at radius 1 is 1.14 bits per heavy atom. The van der Waals surface area contributed by atoms with Crippen LogP contribution in [0, 0.1) is 28.6 Å². The number of allylic oxidation sites excluding steroid dienone is 1. The molecule has 6 atom stereocenters. The van der Waals surface area contributed by atoms with Gasteiger partial charge in [-0.3, -0.25) is 16.1 Å². The maximum atomic E-state index is 12.4. The first-order chi connectivity index (χ1) is 10.5. The predicted octanol–water partition coefficient (Wildman–Crippen LogP) is 3.35. The summed E-state index contributed by atoms with van der Waals surface area (Å²) in [5.74, 6) is 8.40. The Hall–Kier alpha value is -0.670. The quantitative estimate of drug-likeness (QED) is 0.444. The Labute approximate surface area is 134 Å². The van der Waals surface area contributed by atoms with E-state index in [-0.39, 0.29) is 5.41 Å². The normalized spacial score (nSPS) is 50.9. The van der Waals surface area contributed by atoms with Crippen LogP contribution in [0.15, 0.2) is 11.6 Å². The maximum absolute atomic E-state index is 12.4. The summed E-state index contributed by atoms with van der Waals surface area (Å²) in [4.78, 5) is 12.4. The zero-order valence-corrected chi connectivity index (χ0v) is 14.0. The summed E-state index contributed by atoms with van der Waals surface area (Å²) in [6, 6.07) is 0.456. The van der Waals surface area contributed by atoms with E-state index in [1.165, 1.54) is 25.7 Å². The topological polar surface area (TPSA) is 55.1 Å². The molecule has 0 aliphatic heterocycles. The van der Waals surface area contributed by atoms with E-state index >= 15 is 0 Å². The molecule has 0 bridgehead atoms. The van der Waals surface area contributed by atoms with Gasteiger partial charge in [0.25, 0.3) is 0 Å². The van der Waals surface area contributed by atoms with Gasteiger partial charge in [0, 0.05) is 17.9 Å². The van der Waals surface area contributed by atoms with Gasteiger partial charge in [-0.15, -0.1) is 0 Å². The second kappa shape index (κ2) is 4.91. The number of nitrogens with two attached hydrogens (primary N) is 1. The van der Waals surface area contributed by atoms with E-state index in [0.717, 1.165) is 37.5 Å². The zero-order chi connectivity index (χ0) is 15.5. The molecule has 0 radical (unpaired) electrons. The summed E-state index contributed by atoms with van der Waals surface area (Å²) in [6.07, 6.45) is 11.6.